The molecule has 5 nitrogen and oxygen atoms in total. The van der Waals surface area contributed by atoms with Crippen LogP contribution in [-0.2, 0) is 18.2 Å². The molecule has 0 bridgehead atoms. The number of aryl methyl sites for hydroxylation is 1. The number of aromatic nitrogens is 2. The molecule has 0 amide bonds. The van der Waals surface area contributed by atoms with E-state index in [9.17, 15) is 5.11 Å². The molecule has 112 valence electrons. The minimum Gasteiger partial charge on any atom is -0.396 e. The van der Waals surface area contributed by atoms with Crippen molar-refractivity contribution in [3.8, 4) is 0 Å². The van der Waals surface area contributed by atoms with E-state index < -0.39 is 0 Å². The van der Waals surface area contributed by atoms with Crippen molar-refractivity contribution in [2.24, 2.45) is 12.5 Å². The Morgan fingerprint density at radius 1 is 1.50 bits per heavy atom. The number of aliphatic hydroxyl groups excluding tert-OH is 1. The number of hydrogen-bond donors (Lipinski definition) is 2. The molecule has 20 heavy (non-hydrogen) atoms. The Bertz CT molecular complexity index is 452. The largest absolute Gasteiger partial charge is 0.396 e. The van der Waals surface area contributed by atoms with Gasteiger partial charge in [0.15, 0.2) is 0 Å². The maximum Gasteiger partial charge on any atom is 0.0540 e. The van der Waals surface area contributed by atoms with Crippen LogP contribution in [0.3, 0.4) is 0 Å². The first-order valence-electron chi connectivity index (χ1n) is 7.67. The Morgan fingerprint density at radius 2 is 2.30 bits per heavy atom. The van der Waals surface area contributed by atoms with Crippen LogP contribution < -0.4 is 5.32 Å². The van der Waals surface area contributed by atoms with Crippen molar-refractivity contribution in [3.05, 3.63) is 17.5 Å². The molecule has 5 heteroatoms. The van der Waals surface area contributed by atoms with Gasteiger partial charge in [-0.2, -0.15) is 5.10 Å². The first kappa shape index (κ1) is 14.0. The molecule has 1 aromatic rings. The van der Waals surface area contributed by atoms with Crippen molar-refractivity contribution in [1.29, 1.82) is 0 Å². The fourth-order valence-corrected chi connectivity index (χ4v) is 3.45. The number of rotatable bonds is 4. The summed E-state index contributed by atoms with van der Waals surface area (Å²) >= 11 is 0. The number of fused-ring (bicyclic) bond motifs is 1. The van der Waals surface area contributed by atoms with E-state index in [4.69, 9.17) is 4.74 Å². The third-order valence-electron chi connectivity index (χ3n) is 4.99. The summed E-state index contributed by atoms with van der Waals surface area (Å²) in [6, 6.07) is 0.388. The summed E-state index contributed by atoms with van der Waals surface area (Å²) in [5, 5.41) is 17.8. The van der Waals surface area contributed by atoms with E-state index in [-0.39, 0.29) is 12.0 Å². The van der Waals surface area contributed by atoms with E-state index >= 15 is 0 Å². The first-order chi connectivity index (χ1) is 9.74. The quantitative estimate of drug-likeness (QED) is 0.869. The molecule has 0 aromatic carbocycles. The lowest BCUT2D eigenvalue weighted by Gasteiger charge is -2.37. The van der Waals surface area contributed by atoms with Crippen molar-refractivity contribution >= 4 is 0 Å². The Labute approximate surface area is 120 Å². The second kappa shape index (κ2) is 5.84. The fraction of sp³-hybridized carbons (Fsp3) is 0.800. The molecule has 0 spiro atoms. The van der Waals surface area contributed by atoms with Crippen molar-refractivity contribution in [1.82, 2.24) is 15.1 Å². The molecule has 1 aliphatic carbocycles. The summed E-state index contributed by atoms with van der Waals surface area (Å²) in [5.74, 6) is 0. The Balaban J connectivity index is 1.66. The van der Waals surface area contributed by atoms with Crippen LogP contribution in [-0.4, -0.2) is 41.3 Å². The van der Waals surface area contributed by atoms with Crippen molar-refractivity contribution in [3.63, 3.8) is 0 Å². The average Bonchev–Trinajstić information content (AvgIpc) is 2.88. The maximum atomic E-state index is 9.76. The molecule has 1 saturated heterocycles. The highest BCUT2D eigenvalue weighted by Gasteiger charge is 2.33. The zero-order valence-electron chi connectivity index (χ0n) is 12.3. The van der Waals surface area contributed by atoms with Gasteiger partial charge in [0.1, 0.15) is 0 Å². The van der Waals surface area contributed by atoms with Gasteiger partial charge < -0.3 is 15.2 Å². The minimum atomic E-state index is -0.00192. The highest BCUT2D eigenvalue weighted by atomic mass is 16.5. The van der Waals surface area contributed by atoms with Gasteiger partial charge in [0, 0.05) is 49.5 Å². The predicted molar refractivity (Wildman–Crippen MR) is 76.5 cm³/mol. The van der Waals surface area contributed by atoms with E-state index in [1.54, 1.807) is 0 Å². The minimum absolute atomic E-state index is 0.00192. The Hall–Kier alpha value is -0.910. The molecule has 1 aliphatic heterocycles. The zero-order valence-corrected chi connectivity index (χ0v) is 12.3. The van der Waals surface area contributed by atoms with Crippen LogP contribution >= 0.6 is 0 Å². The summed E-state index contributed by atoms with van der Waals surface area (Å²) in [6.45, 7) is 2.65. The molecule has 1 aromatic heterocycles. The highest BCUT2D eigenvalue weighted by Crippen LogP contribution is 2.33. The number of aliphatic hydroxyl groups is 1. The molecule has 3 rings (SSSR count). The topological polar surface area (TPSA) is 59.3 Å². The number of hydrogen-bond acceptors (Lipinski definition) is 4. The van der Waals surface area contributed by atoms with Gasteiger partial charge in [-0.25, -0.2) is 0 Å². The van der Waals surface area contributed by atoms with Crippen LogP contribution in [0, 0.1) is 5.41 Å². The van der Waals surface area contributed by atoms with Crippen LogP contribution in [0.15, 0.2) is 6.20 Å². The van der Waals surface area contributed by atoms with Crippen LogP contribution in [0.1, 0.15) is 43.0 Å². The van der Waals surface area contributed by atoms with Crippen LogP contribution in [0.25, 0.3) is 0 Å². The van der Waals surface area contributed by atoms with Crippen molar-refractivity contribution < 1.29 is 9.84 Å². The monoisotopic (exact) mass is 279 g/mol. The van der Waals surface area contributed by atoms with E-state index in [1.807, 2.05) is 17.9 Å². The average molecular weight is 279 g/mol. The number of ether oxygens (including phenoxy) is 1. The van der Waals surface area contributed by atoms with Gasteiger partial charge in [-0.05, 0) is 32.1 Å². The first-order valence-corrected chi connectivity index (χ1v) is 7.67. The van der Waals surface area contributed by atoms with Gasteiger partial charge in [-0.1, -0.05) is 0 Å². The molecule has 2 aliphatic rings. The number of nitrogens with one attached hydrogen (secondary N) is 1. The van der Waals surface area contributed by atoms with E-state index in [2.05, 4.69) is 10.4 Å². The van der Waals surface area contributed by atoms with Gasteiger partial charge in [0.2, 0.25) is 0 Å². The summed E-state index contributed by atoms with van der Waals surface area (Å²) in [5.41, 5.74) is 2.70. The zero-order chi connectivity index (χ0) is 14.0. The molecule has 1 fully saturated rings. The molecule has 0 saturated carbocycles. The number of nitrogens with zero attached hydrogens (tertiary/aromatic N) is 2. The fourth-order valence-electron chi connectivity index (χ4n) is 3.45. The van der Waals surface area contributed by atoms with Crippen LogP contribution in [0.4, 0.5) is 0 Å². The predicted octanol–water partition coefficient (Wildman–Crippen LogP) is 1.18. The molecule has 2 heterocycles. The van der Waals surface area contributed by atoms with Crippen LogP contribution in [0.5, 0.6) is 0 Å². The van der Waals surface area contributed by atoms with Crippen LogP contribution in [0.2, 0.25) is 0 Å². The molecule has 1 atom stereocenters. The second-order valence-electron chi connectivity index (χ2n) is 6.27. The maximum absolute atomic E-state index is 9.76. The van der Waals surface area contributed by atoms with Crippen molar-refractivity contribution in [2.45, 2.75) is 38.1 Å². The second-order valence-corrected chi connectivity index (χ2v) is 6.27. The highest BCUT2D eigenvalue weighted by molar-refractivity contribution is 5.24. The normalized spacial score (nSPS) is 25.4. The third-order valence-corrected chi connectivity index (χ3v) is 4.99. The smallest absolute Gasteiger partial charge is 0.0540 e. The van der Waals surface area contributed by atoms with Gasteiger partial charge >= 0.3 is 0 Å². The van der Waals surface area contributed by atoms with E-state index in [0.29, 0.717) is 6.04 Å². The van der Waals surface area contributed by atoms with Gasteiger partial charge in [-0.3, -0.25) is 4.68 Å². The Kier molecular flexibility index (Phi) is 4.10. The molecular formula is C15H25N3O2. The molecule has 0 radical (unpaired) electrons. The Morgan fingerprint density at radius 3 is 3.05 bits per heavy atom. The van der Waals surface area contributed by atoms with E-state index in [0.717, 1.165) is 45.4 Å². The summed E-state index contributed by atoms with van der Waals surface area (Å²) < 4.78 is 7.43. The molecule has 1 unspecified atom stereocenters. The van der Waals surface area contributed by atoms with Gasteiger partial charge in [0.25, 0.3) is 0 Å². The lowest BCUT2D eigenvalue weighted by Crippen LogP contribution is -2.43. The summed E-state index contributed by atoms with van der Waals surface area (Å²) in [7, 11) is 2.02. The van der Waals surface area contributed by atoms with Gasteiger partial charge in [-0.15, -0.1) is 0 Å². The molecular weight excluding hydrogens is 254 g/mol. The lowest BCUT2D eigenvalue weighted by molar-refractivity contribution is -0.0168. The molecule has 2 N–H and O–H groups in total. The van der Waals surface area contributed by atoms with E-state index in [1.165, 1.54) is 17.7 Å². The lowest BCUT2D eigenvalue weighted by atomic mass is 9.80. The summed E-state index contributed by atoms with van der Waals surface area (Å²) in [6.07, 6.45) is 7.40. The third kappa shape index (κ3) is 2.62. The van der Waals surface area contributed by atoms with Crippen molar-refractivity contribution in [2.75, 3.05) is 26.4 Å². The SMILES string of the molecule is Cn1ncc2c1CCCC2NCC1(CO)CCOCC1. The van der Waals surface area contributed by atoms with Gasteiger partial charge in [0.05, 0.1) is 12.8 Å². The summed E-state index contributed by atoms with van der Waals surface area (Å²) in [4.78, 5) is 0. The standard InChI is InChI=1S/C15H25N3O2/c1-18-14-4-2-3-13(12(14)9-17-18)16-10-15(11-19)5-7-20-8-6-15/h9,13,16,19H,2-8,10-11H2,1H3.